The molecule has 0 amide bonds. The fraction of sp³-hybridized carbons (Fsp3) is 1.00. The topological polar surface area (TPSA) is 109 Å². The molecule has 0 rings (SSSR count). The average Bonchev–Trinajstić information content (AvgIpc) is 2.64. The van der Waals surface area contributed by atoms with Crippen molar-refractivity contribution in [3.63, 3.8) is 0 Å². The number of hydrogen-bond acceptors (Lipinski definition) is 4. The van der Waals surface area contributed by atoms with E-state index < -0.39 is 78.1 Å². The van der Waals surface area contributed by atoms with E-state index in [-0.39, 0.29) is 0 Å². The van der Waals surface area contributed by atoms with E-state index in [1.54, 1.807) is 0 Å². The summed E-state index contributed by atoms with van der Waals surface area (Å²) in [5.41, 5.74) is 0. The highest BCUT2D eigenvalue weighted by atomic mass is 32.2. The zero-order chi connectivity index (χ0) is 32.0. The molecule has 0 heterocycles. The van der Waals surface area contributed by atoms with Crippen LogP contribution in [0, 0.1) is 0 Å². The molecule has 6 nitrogen and oxygen atoms in total. The van der Waals surface area contributed by atoms with Crippen LogP contribution in [0.15, 0.2) is 0 Å². The molecule has 0 spiro atoms. The Morgan fingerprint density at radius 1 is 0.289 bits per heavy atom. The number of halogens is 20. The maximum absolute atomic E-state index is 13.5. The van der Waals surface area contributed by atoms with Crippen LogP contribution in [0.2, 0.25) is 0 Å². The molecule has 0 aromatic rings. The Hall–Kier alpha value is -1.58. The lowest BCUT2D eigenvalue weighted by atomic mass is 9.87. The van der Waals surface area contributed by atoms with Gasteiger partial charge >= 0.3 is 78.1 Å². The molecule has 0 aliphatic rings. The second-order valence-corrected chi connectivity index (χ2v) is 9.50. The van der Waals surface area contributed by atoms with Gasteiger partial charge in [0.15, 0.2) is 0 Å². The first kappa shape index (κ1) is 36.4. The minimum absolute atomic E-state index is 7.73. The molecule has 0 aromatic carbocycles. The SMILES string of the molecule is O=S(=O)(O)C(F)(F)C(F)(F)C(F)(F)C(F)(F)C(F)(F)C(F)(F)C(F)(F)C(F)(F)C(F)(F)C(F)(F)S(=O)(=O)O. The fourth-order valence-electron chi connectivity index (χ4n) is 1.87. The molecule has 0 saturated heterocycles. The van der Waals surface area contributed by atoms with E-state index in [0.717, 1.165) is 0 Å². The molecule has 0 aliphatic heterocycles. The zero-order valence-corrected chi connectivity index (χ0v) is 17.5. The van der Waals surface area contributed by atoms with Crippen LogP contribution >= 0.6 is 0 Å². The van der Waals surface area contributed by atoms with Crippen molar-refractivity contribution in [3.05, 3.63) is 0 Å². The van der Waals surface area contributed by atoms with Crippen LogP contribution in [-0.4, -0.2) is 83.8 Å². The molecule has 0 aliphatic carbocycles. The predicted octanol–water partition coefficient (Wildman–Crippen LogP) is 5.03. The Balaban J connectivity index is 7.39. The summed E-state index contributed by atoms with van der Waals surface area (Å²) in [7, 11) is -16.3. The molecular formula is C10H2F20O6S2. The van der Waals surface area contributed by atoms with Gasteiger partial charge < -0.3 is 0 Å². The first-order valence-corrected chi connectivity index (χ1v) is 10.3. The summed E-state index contributed by atoms with van der Waals surface area (Å²) < 4.78 is 321. The van der Waals surface area contributed by atoms with Crippen molar-refractivity contribution in [1.82, 2.24) is 0 Å². The van der Waals surface area contributed by atoms with Gasteiger partial charge in [0.1, 0.15) is 0 Å². The van der Waals surface area contributed by atoms with Gasteiger partial charge in [0.05, 0.1) is 0 Å². The van der Waals surface area contributed by atoms with Gasteiger partial charge in [-0.1, -0.05) is 0 Å². The van der Waals surface area contributed by atoms with E-state index in [2.05, 4.69) is 0 Å². The summed E-state index contributed by atoms with van der Waals surface area (Å²) >= 11 is 0. The predicted molar refractivity (Wildman–Crippen MR) is 72.6 cm³/mol. The fourth-order valence-corrected chi connectivity index (χ4v) is 2.78. The standard InChI is InChI=1S/C10H2F20O6S2/c11-1(12,3(15,16)5(19,20)7(23,24)9(27,28)37(31,32)33)2(13,14)4(17,18)6(21,22)8(25,26)10(29,30)38(34,35)36/h(H,31,32,33)(H,34,35,36). The smallest absolute Gasteiger partial charge is 0.281 e. The van der Waals surface area contributed by atoms with E-state index in [4.69, 9.17) is 9.11 Å². The zero-order valence-electron chi connectivity index (χ0n) is 15.9. The first-order valence-electron chi connectivity index (χ1n) is 7.47. The van der Waals surface area contributed by atoms with E-state index in [1.165, 1.54) is 0 Å². The number of rotatable bonds is 11. The van der Waals surface area contributed by atoms with Gasteiger partial charge in [-0.3, -0.25) is 9.11 Å². The van der Waals surface area contributed by atoms with Gasteiger partial charge in [0.25, 0.3) is 0 Å². The summed E-state index contributed by atoms with van der Waals surface area (Å²) in [5, 5.41) is -16.2. The molecule has 0 atom stereocenters. The number of hydrogen-bond donors (Lipinski definition) is 2. The van der Waals surface area contributed by atoms with E-state index in [0.29, 0.717) is 0 Å². The lowest BCUT2D eigenvalue weighted by Gasteiger charge is -2.44. The van der Waals surface area contributed by atoms with Crippen molar-refractivity contribution >= 4 is 20.2 Å². The molecule has 0 bridgehead atoms. The molecule has 0 radical (unpaired) electrons. The average molecular weight is 662 g/mol. The molecule has 2 N–H and O–H groups in total. The van der Waals surface area contributed by atoms with Crippen LogP contribution < -0.4 is 0 Å². The van der Waals surface area contributed by atoms with Gasteiger partial charge in [0.2, 0.25) is 0 Å². The van der Waals surface area contributed by atoms with Crippen LogP contribution in [0.3, 0.4) is 0 Å². The van der Waals surface area contributed by atoms with Crippen LogP contribution in [0.25, 0.3) is 0 Å². The molecule has 28 heteroatoms. The Kier molecular flexibility index (Phi) is 8.11. The summed E-state index contributed by atoms with van der Waals surface area (Å²) in [4.78, 5) is 0. The monoisotopic (exact) mass is 662 g/mol. The van der Waals surface area contributed by atoms with Crippen molar-refractivity contribution in [2.24, 2.45) is 0 Å². The Labute approximate surface area is 193 Å². The van der Waals surface area contributed by atoms with Crippen molar-refractivity contribution in [1.29, 1.82) is 0 Å². The van der Waals surface area contributed by atoms with Gasteiger partial charge in [-0.05, 0) is 0 Å². The van der Waals surface area contributed by atoms with Gasteiger partial charge in [0, 0.05) is 0 Å². The first-order chi connectivity index (χ1) is 15.8. The maximum atomic E-state index is 13.5. The molecule has 0 unspecified atom stereocenters. The highest BCUT2D eigenvalue weighted by molar-refractivity contribution is 7.87. The van der Waals surface area contributed by atoms with Crippen LogP contribution in [0.4, 0.5) is 87.8 Å². The minimum Gasteiger partial charge on any atom is -0.281 e. The second-order valence-electron chi connectivity index (χ2n) is 6.58. The van der Waals surface area contributed by atoms with Crippen molar-refractivity contribution < 1.29 is 114 Å². The van der Waals surface area contributed by atoms with Gasteiger partial charge in [-0.25, -0.2) is 0 Å². The largest absolute Gasteiger partial charge is 0.438 e. The van der Waals surface area contributed by atoms with Crippen LogP contribution in [0.1, 0.15) is 0 Å². The molecule has 230 valence electrons. The summed E-state index contributed by atoms with van der Waals surface area (Å²) in [6, 6.07) is 0. The quantitative estimate of drug-likeness (QED) is 0.238. The summed E-state index contributed by atoms with van der Waals surface area (Å²) in [6.07, 6.45) is 0. The van der Waals surface area contributed by atoms with Crippen molar-refractivity contribution in [3.8, 4) is 0 Å². The second kappa shape index (κ2) is 8.46. The third-order valence-corrected chi connectivity index (χ3v) is 5.95. The highest BCUT2D eigenvalue weighted by Gasteiger charge is 2.98. The molecule has 0 aromatic heterocycles. The van der Waals surface area contributed by atoms with E-state index in [1.807, 2.05) is 0 Å². The highest BCUT2D eigenvalue weighted by Crippen LogP contribution is 2.66. The summed E-state index contributed by atoms with van der Waals surface area (Å²) in [6.45, 7) is 0. The molecule has 0 fully saturated rings. The third kappa shape index (κ3) is 4.05. The van der Waals surface area contributed by atoms with Gasteiger partial charge in [-0.2, -0.15) is 105 Å². The van der Waals surface area contributed by atoms with Gasteiger partial charge in [-0.15, -0.1) is 0 Å². The van der Waals surface area contributed by atoms with Crippen molar-refractivity contribution in [2.45, 2.75) is 57.9 Å². The Bertz CT molecular complexity index is 1050. The number of alkyl halides is 20. The lowest BCUT2D eigenvalue weighted by molar-refractivity contribution is -0.463. The minimum atomic E-state index is -9.49. The van der Waals surface area contributed by atoms with E-state index >= 15 is 0 Å². The Morgan fingerprint density at radius 3 is 0.500 bits per heavy atom. The Morgan fingerprint density at radius 2 is 0.395 bits per heavy atom. The molecular weight excluding hydrogens is 660 g/mol. The summed E-state index contributed by atoms with van der Waals surface area (Å²) in [5.74, 6) is -73.6. The maximum Gasteiger partial charge on any atom is 0.438 e. The van der Waals surface area contributed by atoms with E-state index in [9.17, 15) is 105 Å². The molecule has 38 heavy (non-hydrogen) atoms. The van der Waals surface area contributed by atoms with Crippen LogP contribution in [-0.2, 0) is 20.2 Å². The third-order valence-electron chi connectivity index (χ3n) is 4.14. The van der Waals surface area contributed by atoms with Crippen LogP contribution in [0.5, 0.6) is 0 Å². The van der Waals surface area contributed by atoms with Crippen molar-refractivity contribution in [2.75, 3.05) is 0 Å². The molecule has 0 saturated carbocycles. The lowest BCUT2D eigenvalue weighted by Crippen LogP contribution is -2.77. The normalized spacial score (nSPS) is 17.1.